The molecule has 0 bridgehead atoms. The Morgan fingerprint density at radius 3 is 2.63 bits per heavy atom. The SMILES string of the molecule is CCOC(=O)CCc1nn(CC(=O)OC(C)(C)C)c(SCc2csc(Cl)c2)nc1=O. The van der Waals surface area contributed by atoms with E-state index in [2.05, 4.69) is 10.1 Å². The number of aromatic nitrogens is 3. The van der Waals surface area contributed by atoms with Crippen molar-refractivity contribution < 1.29 is 19.1 Å². The molecule has 2 heterocycles. The first-order valence-electron chi connectivity index (χ1n) is 9.28. The Morgan fingerprint density at radius 1 is 1.30 bits per heavy atom. The molecule has 2 rings (SSSR count). The molecule has 2 aromatic rings. The highest BCUT2D eigenvalue weighted by Gasteiger charge is 2.20. The summed E-state index contributed by atoms with van der Waals surface area (Å²) >= 11 is 8.64. The number of ether oxygens (including phenoxy) is 2. The van der Waals surface area contributed by atoms with Gasteiger partial charge >= 0.3 is 11.9 Å². The van der Waals surface area contributed by atoms with Crippen LogP contribution in [0.3, 0.4) is 0 Å². The summed E-state index contributed by atoms with van der Waals surface area (Å²) in [6.07, 6.45) is 0.0775. The van der Waals surface area contributed by atoms with Crippen molar-refractivity contribution in [2.75, 3.05) is 6.61 Å². The van der Waals surface area contributed by atoms with Crippen molar-refractivity contribution in [1.82, 2.24) is 14.8 Å². The molecule has 0 aromatic carbocycles. The van der Waals surface area contributed by atoms with E-state index >= 15 is 0 Å². The van der Waals surface area contributed by atoms with Gasteiger partial charge in [-0.05, 0) is 44.7 Å². The fourth-order valence-electron chi connectivity index (χ4n) is 2.33. The predicted octanol–water partition coefficient (Wildman–Crippen LogP) is 3.48. The van der Waals surface area contributed by atoms with Gasteiger partial charge in [0, 0.05) is 12.2 Å². The number of rotatable bonds is 9. The van der Waals surface area contributed by atoms with Crippen molar-refractivity contribution in [2.24, 2.45) is 0 Å². The number of esters is 2. The van der Waals surface area contributed by atoms with Crippen molar-refractivity contribution in [1.29, 1.82) is 0 Å². The van der Waals surface area contributed by atoms with Crippen LogP contribution >= 0.6 is 34.7 Å². The van der Waals surface area contributed by atoms with Gasteiger partial charge in [-0.2, -0.15) is 10.1 Å². The van der Waals surface area contributed by atoms with Gasteiger partial charge in [-0.25, -0.2) is 4.68 Å². The van der Waals surface area contributed by atoms with Gasteiger partial charge in [0.1, 0.15) is 17.8 Å². The van der Waals surface area contributed by atoms with Gasteiger partial charge in [-0.15, -0.1) is 11.3 Å². The lowest BCUT2D eigenvalue weighted by Crippen LogP contribution is -2.30. The molecule has 30 heavy (non-hydrogen) atoms. The van der Waals surface area contributed by atoms with Crippen LogP contribution in [0.5, 0.6) is 0 Å². The molecule has 0 N–H and O–H groups in total. The largest absolute Gasteiger partial charge is 0.466 e. The molecular weight excluding hydrogens is 450 g/mol. The monoisotopic (exact) mass is 473 g/mol. The highest BCUT2D eigenvalue weighted by Crippen LogP contribution is 2.26. The first kappa shape index (κ1) is 24.4. The van der Waals surface area contributed by atoms with Crippen LogP contribution in [0.1, 0.15) is 45.4 Å². The Bertz CT molecular complexity index is 952. The van der Waals surface area contributed by atoms with Gasteiger partial charge in [0.15, 0.2) is 5.16 Å². The smallest absolute Gasteiger partial charge is 0.328 e. The predicted molar refractivity (Wildman–Crippen MR) is 116 cm³/mol. The van der Waals surface area contributed by atoms with Crippen LogP contribution in [-0.4, -0.2) is 38.9 Å². The van der Waals surface area contributed by atoms with Gasteiger partial charge in [0.25, 0.3) is 5.56 Å². The third-order valence-corrected chi connectivity index (χ3v) is 5.64. The molecule has 0 fully saturated rings. The van der Waals surface area contributed by atoms with E-state index in [0.717, 1.165) is 5.56 Å². The van der Waals surface area contributed by atoms with Crippen LogP contribution in [0.15, 0.2) is 21.4 Å². The topological polar surface area (TPSA) is 100 Å². The third kappa shape index (κ3) is 8.08. The number of carbonyl (C=O) groups excluding carboxylic acids is 2. The van der Waals surface area contributed by atoms with Gasteiger partial charge in [-0.3, -0.25) is 14.4 Å². The minimum Gasteiger partial charge on any atom is -0.466 e. The second kappa shape index (κ2) is 10.9. The Hall–Kier alpha value is -1.91. The number of hydrogen-bond acceptors (Lipinski definition) is 9. The Labute approximate surface area is 187 Å². The van der Waals surface area contributed by atoms with Gasteiger partial charge in [0.2, 0.25) is 0 Å². The highest BCUT2D eigenvalue weighted by atomic mass is 35.5. The molecule has 164 valence electrons. The highest BCUT2D eigenvalue weighted by molar-refractivity contribution is 7.98. The van der Waals surface area contributed by atoms with E-state index < -0.39 is 23.1 Å². The minimum atomic E-state index is -0.656. The number of aryl methyl sites for hydroxylation is 1. The average Bonchev–Trinajstić information content (AvgIpc) is 3.04. The summed E-state index contributed by atoms with van der Waals surface area (Å²) in [6, 6.07) is 1.83. The maximum atomic E-state index is 12.4. The molecule has 0 aliphatic heterocycles. The zero-order valence-corrected chi connectivity index (χ0v) is 19.7. The molecule has 0 radical (unpaired) electrons. The quantitative estimate of drug-likeness (QED) is 0.403. The number of hydrogen-bond donors (Lipinski definition) is 0. The van der Waals surface area contributed by atoms with Gasteiger partial charge in [0.05, 0.1) is 17.4 Å². The summed E-state index contributed by atoms with van der Waals surface area (Å²) in [5, 5.41) is 6.48. The van der Waals surface area contributed by atoms with Crippen molar-refractivity contribution in [2.45, 2.75) is 63.6 Å². The molecule has 0 aliphatic carbocycles. The fraction of sp³-hybridized carbons (Fsp3) is 0.526. The number of halogens is 1. The summed E-state index contributed by atoms with van der Waals surface area (Å²) in [5.41, 5.74) is -0.128. The van der Waals surface area contributed by atoms with E-state index in [9.17, 15) is 14.4 Å². The summed E-state index contributed by atoms with van der Waals surface area (Å²) in [7, 11) is 0. The third-order valence-electron chi connectivity index (χ3n) is 3.47. The molecule has 2 aromatic heterocycles. The number of nitrogens with zero attached hydrogens (tertiary/aromatic N) is 3. The van der Waals surface area contributed by atoms with Crippen LogP contribution in [0, 0.1) is 0 Å². The minimum absolute atomic E-state index is 0.00406. The summed E-state index contributed by atoms with van der Waals surface area (Å²) in [5.74, 6) is -0.421. The maximum Gasteiger partial charge on any atom is 0.328 e. The van der Waals surface area contributed by atoms with E-state index in [1.165, 1.54) is 27.8 Å². The van der Waals surface area contributed by atoms with Crippen molar-refractivity contribution in [3.8, 4) is 0 Å². The second-order valence-corrected chi connectivity index (χ2v) is 9.73. The normalized spacial score (nSPS) is 11.4. The number of thiophene rings is 1. The summed E-state index contributed by atoms with van der Waals surface area (Å²) in [4.78, 5) is 40.4. The van der Waals surface area contributed by atoms with Crippen molar-refractivity contribution >= 4 is 46.6 Å². The Morgan fingerprint density at radius 2 is 2.03 bits per heavy atom. The lowest BCUT2D eigenvalue weighted by molar-refractivity contribution is -0.156. The molecule has 0 amide bonds. The Balaban J connectivity index is 2.24. The van der Waals surface area contributed by atoms with E-state index in [-0.39, 0.29) is 36.8 Å². The average molecular weight is 474 g/mol. The zero-order chi connectivity index (χ0) is 22.3. The lowest BCUT2D eigenvalue weighted by atomic mass is 10.2. The summed E-state index contributed by atoms with van der Waals surface area (Å²) < 4.78 is 12.2. The molecule has 8 nitrogen and oxygen atoms in total. The van der Waals surface area contributed by atoms with E-state index in [0.29, 0.717) is 10.1 Å². The molecule has 0 spiro atoms. The van der Waals surface area contributed by atoms with Crippen molar-refractivity contribution in [3.63, 3.8) is 0 Å². The van der Waals surface area contributed by atoms with Crippen LogP contribution < -0.4 is 5.56 Å². The molecule has 0 unspecified atom stereocenters. The molecule has 0 saturated carbocycles. The van der Waals surface area contributed by atoms with Crippen molar-refractivity contribution in [3.05, 3.63) is 37.4 Å². The van der Waals surface area contributed by atoms with Crippen LogP contribution in [-0.2, 0) is 37.8 Å². The maximum absolute atomic E-state index is 12.4. The molecule has 0 saturated heterocycles. The molecule has 0 aliphatic rings. The van der Waals surface area contributed by atoms with E-state index in [1.54, 1.807) is 27.7 Å². The van der Waals surface area contributed by atoms with E-state index in [1.807, 2.05) is 11.4 Å². The zero-order valence-electron chi connectivity index (χ0n) is 17.3. The molecular formula is C19H24ClN3O5S2. The Kier molecular flexibility index (Phi) is 8.87. The number of thioether (sulfide) groups is 1. The molecule has 0 atom stereocenters. The van der Waals surface area contributed by atoms with Gasteiger partial charge < -0.3 is 9.47 Å². The molecule has 11 heteroatoms. The fourth-order valence-corrected chi connectivity index (χ4v) is 4.20. The van der Waals surface area contributed by atoms with E-state index in [4.69, 9.17) is 21.1 Å². The standard InChI is InChI=1S/C19H24ClN3O5S2/c1-5-27-15(24)7-6-13-17(26)21-18(30-11-12-8-14(20)29-10-12)23(22-13)9-16(25)28-19(2,3)4/h8,10H,5-7,9,11H2,1-4H3. The van der Waals surface area contributed by atoms with Crippen LogP contribution in [0.4, 0.5) is 0 Å². The lowest BCUT2D eigenvalue weighted by Gasteiger charge is -2.20. The van der Waals surface area contributed by atoms with Crippen LogP contribution in [0.25, 0.3) is 0 Å². The summed E-state index contributed by atoms with van der Waals surface area (Å²) in [6.45, 7) is 7.06. The van der Waals surface area contributed by atoms with Crippen LogP contribution in [0.2, 0.25) is 4.34 Å². The first-order chi connectivity index (χ1) is 14.1. The number of carbonyl (C=O) groups is 2. The second-order valence-electron chi connectivity index (χ2n) is 7.24. The van der Waals surface area contributed by atoms with Gasteiger partial charge in [-0.1, -0.05) is 23.4 Å². The first-order valence-corrected chi connectivity index (χ1v) is 11.5.